The summed E-state index contributed by atoms with van der Waals surface area (Å²) in [5, 5.41) is 5.74. The second-order valence-corrected chi connectivity index (χ2v) is 19.3. The van der Waals surface area contributed by atoms with E-state index in [-0.39, 0.29) is 42.0 Å². The molecule has 1 saturated heterocycles. The number of imidazole rings is 2. The first-order chi connectivity index (χ1) is 33.3. The lowest BCUT2D eigenvalue weighted by molar-refractivity contribution is -0.139. The Bertz CT molecular complexity index is 3100. The minimum atomic E-state index is -0.306. The fraction of sp³-hybridized carbons (Fsp3) is 0.345. The lowest BCUT2D eigenvalue weighted by atomic mass is 9.97. The minimum Gasteiger partial charge on any atom is -0.351 e. The smallest absolute Gasteiger partial charge is 0.245 e. The van der Waals surface area contributed by atoms with Crippen LogP contribution in [0, 0.1) is 11.8 Å². The molecule has 68 heavy (non-hydrogen) atoms. The summed E-state index contributed by atoms with van der Waals surface area (Å²) in [6, 6.07) is 46.6. The summed E-state index contributed by atoms with van der Waals surface area (Å²) in [5.41, 5.74) is 10.6. The number of aromatic nitrogens is 4. The van der Waals surface area contributed by atoms with Crippen molar-refractivity contribution in [2.75, 3.05) is 26.2 Å². The first-order valence-corrected chi connectivity index (χ1v) is 25.0. The average Bonchev–Trinajstić information content (AvgIpc) is 4.13. The number of likely N-dealkylation sites (tertiary alicyclic amines) is 1. The summed E-state index contributed by atoms with van der Waals surface area (Å²) in [5.74, 6) is 3.16. The van der Waals surface area contributed by atoms with Gasteiger partial charge in [-0.15, -0.1) is 0 Å². The average molecular weight is 903 g/mol. The number of piperidine rings is 1. The summed E-state index contributed by atoms with van der Waals surface area (Å²) in [7, 11) is 0. The number of H-pyrrole nitrogens is 2. The summed E-state index contributed by atoms with van der Waals surface area (Å²) < 4.78 is 0. The molecule has 11 rings (SSSR count). The van der Waals surface area contributed by atoms with Crippen molar-refractivity contribution in [1.82, 2.24) is 40.0 Å². The van der Waals surface area contributed by atoms with Crippen LogP contribution in [0.2, 0.25) is 0 Å². The summed E-state index contributed by atoms with van der Waals surface area (Å²) in [6.07, 6.45) is 4.87. The number of nitrogens with zero attached hydrogens (tertiary/aromatic N) is 5. The Kier molecular flexibility index (Phi) is 11.9. The number of aryl methyl sites for hydroxylation is 1. The molecule has 0 spiro atoms. The van der Waals surface area contributed by atoms with Crippen molar-refractivity contribution in [2.45, 2.75) is 90.0 Å². The highest BCUT2D eigenvalue weighted by Crippen LogP contribution is 2.54. The highest BCUT2D eigenvalue weighted by atomic mass is 16.2. The van der Waals surface area contributed by atoms with Crippen LogP contribution in [0.5, 0.6) is 0 Å². The molecule has 1 aliphatic heterocycles. The van der Waals surface area contributed by atoms with Crippen LogP contribution < -0.4 is 5.32 Å². The first-order valence-electron chi connectivity index (χ1n) is 25.0. The van der Waals surface area contributed by atoms with E-state index in [4.69, 9.17) is 9.97 Å². The summed E-state index contributed by atoms with van der Waals surface area (Å²) in [4.78, 5) is 52.2. The zero-order chi connectivity index (χ0) is 46.5. The van der Waals surface area contributed by atoms with Crippen molar-refractivity contribution < 1.29 is 9.59 Å². The number of fused-ring (bicyclic) bond motifs is 4. The molecule has 0 unspecified atom stereocenters. The highest BCUT2D eigenvalue weighted by Gasteiger charge is 2.56. The zero-order valence-electron chi connectivity index (χ0n) is 39.7. The van der Waals surface area contributed by atoms with E-state index in [0.717, 1.165) is 125 Å². The van der Waals surface area contributed by atoms with Crippen LogP contribution in [-0.4, -0.2) is 84.7 Å². The molecule has 10 nitrogen and oxygen atoms in total. The van der Waals surface area contributed by atoms with Crippen molar-refractivity contribution in [3.8, 4) is 22.3 Å². The molecule has 10 heteroatoms. The van der Waals surface area contributed by atoms with Gasteiger partial charge in [0.05, 0.1) is 28.1 Å². The second kappa shape index (κ2) is 18.5. The Hall–Kier alpha value is -6.62. The molecule has 8 aromatic rings. The molecule has 7 atom stereocenters. The molecular weight excluding hydrogens is 841 g/mol. The van der Waals surface area contributed by atoms with E-state index in [1.54, 1.807) is 0 Å². The van der Waals surface area contributed by atoms with E-state index < -0.39 is 0 Å². The van der Waals surface area contributed by atoms with E-state index in [9.17, 15) is 9.59 Å². The maximum atomic E-state index is 14.6. The SMILES string of the molecule is CCN(CC)[C@@H](C(=O)N[C@@H]1C[C@@H]1CCc1nc2ccc(-c3ccc4cc(-c5ccc6nc([C@@H]7C[C@H]8C[C@H]8N7C(=O)[C@@H](c7ccccc7)N(CC)CC)[nH]c6c5)ccc4c3)cc2[nH]1)c1ccccc1. The van der Waals surface area contributed by atoms with Crippen LogP contribution in [0.1, 0.15) is 94.3 Å². The molecule has 346 valence electrons. The molecule has 2 aromatic heterocycles. The molecule has 0 radical (unpaired) electrons. The predicted octanol–water partition coefficient (Wildman–Crippen LogP) is 11.2. The fourth-order valence-corrected chi connectivity index (χ4v) is 11.3. The monoisotopic (exact) mass is 902 g/mol. The van der Waals surface area contributed by atoms with Gasteiger partial charge in [-0.25, -0.2) is 9.97 Å². The summed E-state index contributed by atoms with van der Waals surface area (Å²) >= 11 is 0. The van der Waals surface area contributed by atoms with Gasteiger partial charge in [-0.1, -0.05) is 125 Å². The van der Waals surface area contributed by atoms with Crippen molar-refractivity contribution >= 4 is 44.7 Å². The van der Waals surface area contributed by atoms with Gasteiger partial charge in [-0.2, -0.15) is 0 Å². The van der Waals surface area contributed by atoms with Gasteiger partial charge in [0.2, 0.25) is 11.8 Å². The molecule has 3 aliphatic rings. The van der Waals surface area contributed by atoms with Gasteiger partial charge in [-0.3, -0.25) is 19.4 Å². The molecular formula is C58H62N8O2. The highest BCUT2D eigenvalue weighted by molar-refractivity contribution is 5.93. The van der Waals surface area contributed by atoms with E-state index >= 15 is 0 Å². The van der Waals surface area contributed by atoms with Crippen LogP contribution in [-0.2, 0) is 16.0 Å². The third kappa shape index (κ3) is 8.49. The number of carbonyl (C=O) groups is 2. The number of nitrogens with one attached hydrogen (secondary N) is 3. The van der Waals surface area contributed by atoms with Crippen LogP contribution in [0.15, 0.2) is 133 Å². The standard InChI is InChI=1S/C58H62N8O2/c1-5-64(6-2)54(36-15-11-9-12-16-36)57(67)63-48-33-44(48)25-28-53-59-46-26-23-42(31-49(46)60-53)40-21-19-39-30-41(22-20-38(39)29-40)43-24-27-47-50(32-43)62-56(61-47)52-35-45-34-51(45)66(52)58(68)55(65(7-3)8-4)37-17-13-10-14-18-37/h9-24,26-27,29-32,44-45,48,51-52,54-55H,5-8,25,28,33-35H2,1-4H3,(H,59,60)(H,61,62)(H,63,67)/t44-,45+,48+,51+,52-,54+,55+/m0/s1. The van der Waals surface area contributed by atoms with Crippen molar-refractivity contribution in [3.05, 3.63) is 156 Å². The number of hydrogen-bond acceptors (Lipinski definition) is 6. The molecule has 0 bridgehead atoms. The maximum absolute atomic E-state index is 14.6. The largest absolute Gasteiger partial charge is 0.351 e. The number of hydrogen-bond donors (Lipinski definition) is 3. The molecule has 3 fully saturated rings. The minimum absolute atomic E-state index is 0.0608. The number of rotatable bonds is 17. The Morgan fingerprint density at radius 3 is 1.79 bits per heavy atom. The zero-order valence-corrected chi connectivity index (χ0v) is 39.7. The Morgan fingerprint density at radius 1 is 0.632 bits per heavy atom. The van der Waals surface area contributed by atoms with Gasteiger partial charge < -0.3 is 20.2 Å². The van der Waals surface area contributed by atoms with Gasteiger partial charge in [0, 0.05) is 18.5 Å². The second-order valence-electron chi connectivity index (χ2n) is 19.3. The van der Waals surface area contributed by atoms with Crippen LogP contribution in [0.25, 0.3) is 55.1 Å². The molecule has 3 N–H and O–H groups in total. The van der Waals surface area contributed by atoms with Crippen LogP contribution >= 0.6 is 0 Å². The number of carbonyl (C=O) groups excluding carboxylic acids is 2. The third-order valence-electron chi connectivity index (χ3n) is 15.3. The molecule has 3 heterocycles. The first kappa shape index (κ1) is 43.9. The van der Waals surface area contributed by atoms with E-state index in [1.165, 1.54) is 10.8 Å². The molecule has 2 saturated carbocycles. The summed E-state index contributed by atoms with van der Waals surface area (Å²) in [6.45, 7) is 11.8. The number of amides is 2. The molecule has 6 aromatic carbocycles. The predicted molar refractivity (Wildman–Crippen MR) is 273 cm³/mol. The quantitative estimate of drug-likeness (QED) is 0.0839. The third-order valence-corrected chi connectivity index (χ3v) is 15.3. The Balaban J connectivity index is 0.752. The number of aromatic amines is 2. The van der Waals surface area contributed by atoms with Crippen LogP contribution in [0.4, 0.5) is 0 Å². The van der Waals surface area contributed by atoms with Gasteiger partial charge in [0.15, 0.2) is 0 Å². The van der Waals surface area contributed by atoms with Gasteiger partial charge >= 0.3 is 0 Å². The van der Waals surface area contributed by atoms with Crippen LogP contribution in [0.3, 0.4) is 0 Å². The lowest BCUT2D eigenvalue weighted by Gasteiger charge is -2.35. The topological polar surface area (TPSA) is 113 Å². The van der Waals surface area contributed by atoms with E-state index in [1.807, 2.05) is 36.4 Å². The molecule has 2 amide bonds. The fourth-order valence-electron chi connectivity index (χ4n) is 11.3. The lowest BCUT2D eigenvalue weighted by Crippen LogP contribution is -2.44. The Morgan fingerprint density at radius 2 is 1.18 bits per heavy atom. The van der Waals surface area contributed by atoms with Crippen molar-refractivity contribution in [2.24, 2.45) is 11.8 Å². The normalized spacial score (nSPS) is 20.6. The van der Waals surface area contributed by atoms with Gasteiger partial charge in [-0.05, 0) is 144 Å². The number of likely N-dealkylation sites (N-methyl/N-ethyl adjacent to an activating group) is 2. The van der Waals surface area contributed by atoms with E-state index in [0.29, 0.717) is 11.8 Å². The van der Waals surface area contributed by atoms with Crippen molar-refractivity contribution in [3.63, 3.8) is 0 Å². The van der Waals surface area contributed by atoms with Gasteiger partial charge in [0.1, 0.15) is 23.7 Å². The van der Waals surface area contributed by atoms with Crippen molar-refractivity contribution in [1.29, 1.82) is 0 Å². The Labute approximate surface area is 399 Å². The van der Waals surface area contributed by atoms with Gasteiger partial charge in [0.25, 0.3) is 0 Å². The number of benzene rings is 6. The maximum Gasteiger partial charge on any atom is 0.245 e. The van der Waals surface area contributed by atoms with E-state index in [2.05, 4.69) is 155 Å². The molecule has 2 aliphatic carbocycles.